The summed E-state index contributed by atoms with van der Waals surface area (Å²) in [5.41, 5.74) is -0.585. The van der Waals surface area contributed by atoms with Gasteiger partial charge in [-0.15, -0.1) is 0 Å². The Balaban J connectivity index is 1.84. The maximum atomic E-state index is 13.3. The molecule has 0 aromatic carbocycles. The molecule has 1 aliphatic heterocycles. The van der Waals surface area contributed by atoms with E-state index in [0.717, 1.165) is 19.3 Å². The highest BCUT2D eigenvalue weighted by molar-refractivity contribution is 5.95. The predicted molar refractivity (Wildman–Crippen MR) is 90.8 cm³/mol. The van der Waals surface area contributed by atoms with Gasteiger partial charge in [-0.25, -0.2) is 4.79 Å². The molecule has 6 atom stereocenters. The third-order valence-electron chi connectivity index (χ3n) is 7.67. The Morgan fingerprint density at radius 2 is 2.00 bits per heavy atom. The fraction of sp³-hybridized carbons (Fsp3) is 0.800. The largest absolute Gasteiger partial charge is 0.512 e. The molecule has 4 rings (SSSR count). The Labute approximate surface area is 148 Å². The molecule has 1 saturated heterocycles. The summed E-state index contributed by atoms with van der Waals surface area (Å²) in [6, 6.07) is 0. The minimum Gasteiger partial charge on any atom is -0.512 e. The zero-order valence-electron chi connectivity index (χ0n) is 15.3. The van der Waals surface area contributed by atoms with Crippen LogP contribution in [-0.2, 0) is 19.1 Å². The molecule has 5 nitrogen and oxygen atoms in total. The molecule has 3 fully saturated rings. The average Bonchev–Trinajstić information content (AvgIpc) is 2.53. The molecular weight excluding hydrogens is 320 g/mol. The number of esters is 1. The number of allylic oxidation sites excluding steroid dienone is 1. The summed E-state index contributed by atoms with van der Waals surface area (Å²) in [5.74, 6) is 0.263. The number of carbonyl (C=O) groups excluding carboxylic acids is 2. The van der Waals surface area contributed by atoms with Crippen LogP contribution < -0.4 is 0 Å². The van der Waals surface area contributed by atoms with Crippen molar-refractivity contribution in [2.75, 3.05) is 13.7 Å². The highest BCUT2D eigenvalue weighted by atomic mass is 16.5. The van der Waals surface area contributed by atoms with E-state index in [0.29, 0.717) is 37.4 Å². The fourth-order valence-electron chi connectivity index (χ4n) is 6.83. The highest BCUT2D eigenvalue weighted by Crippen LogP contribution is 2.65. The second kappa shape index (κ2) is 5.57. The maximum absolute atomic E-state index is 13.3. The standard InChI is InChI=1S/C20H28O5/c1-19-7-8-25-18(23)16(19)14(22)10-20(2)12-5-4-6-15(24-3)11(12)9-13(21)17(19)20/h11-12,15,17,22H,4-10H2,1-3H3/t11-,12+,15+,17+,19-,20-/m0/s1. The Bertz CT molecular complexity index is 652. The van der Waals surface area contributed by atoms with Gasteiger partial charge in [0.25, 0.3) is 0 Å². The lowest BCUT2D eigenvalue weighted by Gasteiger charge is -2.61. The second-order valence-electron chi connectivity index (χ2n) is 8.89. The number of hydrogen-bond acceptors (Lipinski definition) is 5. The van der Waals surface area contributed by atoms with Crippen molar-refractivity contribution in [3.8, 4) is 0 Å². The quantitative estimate of drug-likeness (QED) is 0.737. The molecule has 138 valence electrons. The third kappa shape index (κ3) is 2.17. The van der Waals surface area contributed by atoms with Gasteiger partial charge in [-0.1, -0.05) is 20.3 Å². The van der Waals surface area contributed by atoms with E-state index in [4.69, 9.17) is 9.47 Å². The zero-order valence-corrected chi connectivity index (χ0v) is 15.3. The lowest BCUT2D eigenvalue weighted by atomic mass is 9.43. The van der Waals surface area contributed by atoms with Crippen LogP contribution in [0.15, 0.2) is 11.3 Å². The van der Waals surface area contributed by atoms with Crippen LogP contribution in [0, 0.1) is 28.6 Å². The maximum Gasteiger partial charge on any atom is 0.338 e. The molecule has 0 bridgehead atoms. The van der Waals surface area contributed by atoms with Gasteiger partial charge in [0.1, 0.15) is 11.5 Å². The molecular formula is C20H28O5. The second-order valence-corrected chi connectivity index (χ2v) is 8.89. The SMILES string of the molecule is CO[C@@H]1CCC[C@@H]2[C@@H]1CC(=O)[C@H]1[C@@]2(C)CC(O)=C2C(=O)OCC[C@@]21C. The van der Waals surface area contributed by atoms with Gasteiger partial charge in [-0.05, 0) is 36.5 Å². The number of aliphatic hydroxyl groups excluding tert-OH is 1. The van der Waals surface area contributed by atoms with Crippen LogP contribution in [0.25, 0.3) is 0 Å². The average molecular weight is 348 g/mol. The number of ether oxygens (including phenoxy) is 2. The summed E-state index contributed by atoms with van der Waals surface area (Å²) in [7, 11) is 1.74. The highest BCUT2D eigenvalue weighted by Gasteiger charge is 2.65. The molecule has 2 saturated carbocycles. The Morgan fingerprint density at radius 1 is 1.24 bits per heavy atom. The van der Waals surface area contributed by atoms with Crippen molar-refractivity contribution < 1.29 is 24.2 Å². The van der Waals surface area contributed by atoms with E-state index in [1.54, 1.807) is 7.11 Å². The van der Waals surface area contributed by atoms with E-state index in [9.17, 15) is 14.7 Å². The van der Waals surface area contributed by atoms with Crippen LogP contribution in [0.3, 0.4) is 0 Å². The minimum atomic E-state index is -0.617. The van der Waals surface area contributed by atoms with Crippen LogP contribution in [0.2, 0.25) is 0 Å². The van der Waals surface area contributed by atoms with Crippen LogP contribution in [0.1, 0.15) is 52.4 Å². The van der Waals surface area contributed by atoms with Crippen molar-refractivity contribution in [3.63, 3.8) is 0 Å². The number of carbonyl (C=O) groups is 2. The number of rotatable bonds is 1. The Morgan fingerprint density at radius 3 is 2.72 bits per heavy atom. The summed E-state index contributed by atoms with van der Waals surface area (Å²) in [6.07, 6.45) is 4.80. The summed E-state index contributed by atoms with van der Waals surface area (Å²) in [5, 5.41) is 10.8. The van der Waals surface area contributed by atoms with E-state index < -0.39 is 11.4 Å². The summed E-state index contributed by atoms with van der Waals surface area (Å²) in [6.45, 7) is 4.46. The van der Waals surface area contributed by atoms with Gasteiger partial charge in [0.05, 0.1) is 18.3 Å². The van der Waals surface area contributed by atoms with Gasteiger partial charge in [-0.2, -0.15) is 0 Å². The topological polar surface area (TPSA) is 72.8 Å². The van der Waals surface area contributed by atoms with Crippen LogP contribution >= 0.6 is 0 Å². The molecule has 0 aromatic rings. The van der Waals surface area contributed by atoms with Crippen molar-refractivity contribution in [3.05, 3.63) is 11.3 Å². The molecule has 25 heavy (non-hydrogen) atoms. The van der Waals surface area contributed by atoms with Gasteiger partial charge in [-0.3, -0.25) is 4.79 Å². The lowest BCUT2D eigenvalue weighted by molar-refractivity contribution is -0.171. The van der Waals surface area contributed by atoms with Crippen LogP contribution in [-0.4, -0.2) is 36.7 Å². The molecule has 3 aliphatic carbocycles. The predicted octanol–water partition coefficient (Wildman–Crippen LogP) is 3.18. The number of aliphatic hydroxyl groups is 1. The van der Waals surface area contributed by atoms with Crippen LogP contribution in [0.4, 0.5) is 0 Å². The number of Topliss-reactive ketones (excluding diaryl/α,β-unsaturated/α-hetero) is 1. The molecule has 0 amide bonds. The molecule has 1 N–H and O–H groups in total. The van der Waals surface area contributed by atoms with Gasteiger partial charge in [0, 0.05) is 31.3 Å². The third-order valence-corrected chi connectivity index (χ3v) is 7.67. The number of fused-ring (bicyclic) bond motifs is 5. The Kier molecular flexibility index (Phi) is 3.80. The number of methoxy groups -OCH3 is 1. The fourth-order valence-corrected chi connectivity index (χ4v) is 6.83. The molecule has 4 aliphatic rings. The van der Waals surface area contributed by atoms with Crippen molar-refractivity contribution >= 4 is 11.8 Å². The molecule has 0 aromatic heterocycles. The first-order valence-corrected chi connectivity index (χ1v) is 9.48. The monoisotopic (exact) mass is 348 g/mol. The normalized spacial score (nSPS) is 46.8. The lowest BCUT2D eigenvalue weighted by Crippen LogP contribution is -2.61. The van der Waals surface area contributed by atoms with Crippen molar-refractivity contribution in [2.45, 2.75) is 58.5 Å². The van der Waals surface area contributed by atoms with Gasteiger partial charge in [0.15, 0.2) is 0 Å². The summed E-state index contributed by atoms with van der Waals surface area (Å²) in [4.78, 5) is 25.7. The zero-order chi connectivity index (χ0) is 18.0. The van der Waals surface area contributed by atoms with Crippen molar-refractivity contribution in [2.24, 2.45) is 28.6 Å². The smallest absolute Gasteiger partial charge is 0.338 e. The molecule has 0 radical (unpaired) electrons. The van der Waals surface area contributed by atoms with E-state index in [1.165, 1.54) is 0 Å². The van der Waals surface area contributed by atoms with E-state index in [-0.39, 0.29) is 34.9 Å². The molecule has 5 heteroatoms. The first-order valence-electron chi connectivity index (χ1n) is 9.48. The van der Waals surface area contributed by atoms with Crippen molar-refractivity contribution in [1.82, 2.24) is 0 Å². The summed E-state index contributed by atoms with van der Waals surface area (Å²) >= 11 is 0. The van der Waals surface area contributed by atoms with Gasteiger partial charge < -0.3 is 14.6 Å². The van der Waals surface area contributed by atoms with E-state index in [1.807, 2.05) is 6.92 Å². The van der Waals surface area contributed by atoms with Gasteiger partial charge in [0.2, 0.25) is 0 Å². The van der Waals surface area contributed by atoms with Gasteiger partial charge >= 0.3 is 5.97 Å². The first kappa shape index (κ1) is 17.1. The molecule has 1 heterocycles. The molecule has 0 spiro atoms. The number of cyclic esters (lactones) is 1. The Hall–Kier alpha value is -1.36. The summed E-state index contributed by atoms with van der Waals surface area (Å²) < 4.78 is 10.9. The molecule has 0 unspecified atom stereocenters. The van der Waals surface area contributed by atoms with Crippen LogP contribution in [0.5, 0.6) is 0 Å². The first-order chi connectivity index (χ1) is 11.8. The minimum absolute atomic E-state index is 0.122. The van der Waals surface area contributed by atoms with E-state index in [2.05, 4.69) is 6.92 Å². The number of hydrogen-bond donors (Lipinski definition) is 1. The van der Waals surface area contributed by atoms with E-state index >= 15 is 0 Å². The number of ketones is 1. The van der Waals surface area contributed by atoms with Crippen molar-refractivity contribution in [1.29, 1.82) is 0 Å².